The van der Waals surface area contributed by atoms with Crippen molar-refractivity contribution < 1.29 is 9.72 Å². The first-order valence-corrected chi connectivity index (χ1v) is 5.16. The van der Waals surface area contributed by atoms with Crippen LogP contribution in [0.25, 0.3) is 0 Å². The van der Waals surface area contributed by atoms with Crippen LogP contribution in [0.4, 0.5) is 11.4 Å². The number of carbonyl (C=O) groups is 1. The molecule has 2 N–H and O–H groups in total. The van der Waals surface area contributed by atoms with Gasteiger partial charge in [-0.3, -0.25) is 14.9 Å². The highest BCUT2D eigenvalue weighted by Crippen LogP contribution is 2.25. The molecule has 1 aromatic rings. The molecule has 6 nitrogen and oxygen atoms in total. The summed E-state index contributed by atoms with van der Waals surface area (Å²) in [4.78, 5) is 23.7. The smallest absolute Gasteiger partial charge is 0.284 e. The molecule has 6 heteroatoms. The lowest BCUT2D eigenvalue weighted by atomic mass is 10.1. The van der Waals surface area contributed by atoms with Crippen molar-refractivity contribution in [3.05, 3.63) is 33.9 Å². The number of nitro benzene ring substituents is 1. The van der Waals surface area contributed by atoms with Gasteiger partial charge < -0.3 is 10.6 Å². The molecule has 0 unspecified atom stereocenters. The normalized spacial score (nSPS) is 10.4. The van der Waals surface area contributed by atoms with Gasteiger partial charge >= 0.3 is 0 Å². The Morgan fingerprint density at radius 1 is 1.47 bits per heavy atom. The van der Waals surface area contributed by atoms with E-state index in [0.717, 1.165) is 0 Å². The second-order valence-corrected chi connectivity index (χ2v) is 4.01. The molecule has 0 fully saturated rings. The maximum atomic E-state index is 12.1. The minimum atomic E-state index is -0.599. The number of amides is 1. The van der Waals surface area contributed by atoms with E-state index in [1.54, 1.807) is 7.05 Å². The monoisotopic (exact) mass is 237 g/mol. The average molecular weight is 237 g/mol. The highest BCUT2D eigenvalue weighted by atomic mass is 16.6. The number of carbonyl (C=O) groups excluding carboxylic acids is 1. The van der Waals surface area contributed by atoms with Gasteiger partial charge in [0.15, 0.2) is 0 Å². The van der Waals surface area contributed by atoms with Gasteiger partial charge in [-0.05, 0) is 19.9 Å². The third-order valence-corrected chi connectivity index (χ3v) is 2.58. The van der Waals surface area contributed by atoms with Crippen LogP contribution in [-0.2, 0) is 0 Å². The van der Waals surface area contributed by atoms with E-state index < -0.39 is 10.8 Å². The predicted octanol–water partition coefficient (Wildman–Crippen LogP) is 1.66. The molecule has 1 aromatic carbocycles. The number of anilines is 1. The van der Waals surface area contributed by atoms with Crippen LogP contribution in [0, 0.1) is 10.1 Å². The standard InChI is InChI=1S/C11H15N3O3/c1-7(2)13(3)11(15)10-8(12)5-4-6-9(10)14(16)17/h4-7H,12H2,1-3H3. The Morgan fingerprint density at radius 2 is 2.06 bits per heavy atom. The van der Waals surface area contributed by atoms with E-state index in [-0.39, 0.29) is 23.0 Å². The lowest BCUT2D eigenvalue weighted by molar-refractivity contribution is -0.385. The van der Waals surface area contributed by atoms with E-state index >= 15 is 0 Å². The number of nitrogen functional groups attached to an aromatic ring is 1. The Balaban J connectivity index is 3.30. The third-order valence-electron chi connectivity index (χ3n) is 2.58. The van der Waals surface area contributed by atoms with E-state index in [9.17, 15) is 14.9 Å². The van der Waals surface area contributed by atoms with Crippen molar-refractivity contribution in [2.45, 2.75) is 19.9 Å². The van der Waals surface area contributed by atoms with Crippen LogP contribution in [0.3, 0.4) is 0 Å². The van der Waals surface area contributed by atoms with E-state index in [2.05, 4.69) is 0 Å². The molecule has 1 rings (SSSR count). The summed E-state index contributed by atoms with van der Waals surface area (Å²) in [7, 11) is 1.59. The lowest BCUT2D eigenvalue weighted by Crippen LogP contribution is -2.33. The van der Waals surface area contributed by atoms with Crippen molar-refractivity contribution in [1.29, 1.82) is 0 Å². The number of hydrogen-bond acceptors (Lipinski definition) is 4. The molecular weight excluding hydrogens is 222 g/mol. The molecule has 0 saturated heterocycles. The van der Waals surface area contributed by atoms with E-state index in [0.29, 0.717) is 0 Å². The predicted molar refractivity (Wildman–Crippen MR) is 64.7 cm³/mol. The molecule has 0 aromatic heterocycles. The van der Waals surface area contributed by atoms with Crippen LogP contribution < -0.4 is 5.73 Å². The Labute approximate surface area is 99.2 Å². The van der Waals surface area contributed by atoms with Gasteiger partial charge in [-0.25, -0.2) is 0 Å². The van der Waals surface area contributed by atoms with Crippen molar-refractivity contribution in [3.63, 3.8) is 0 Å². The number of nitro groups is 1. The maximum Gasteiger partial charge on any atom is 0.284 e. The third kappa shape index (κ3) is 2.52. The summed E-state index contributed by atoms with van der Waals surface area (Å²) in [5.41, 5.74) is 5.46. The number of rotatable bonds is 3. The first kappa shape index (κ1) is 13.0. The van der Waals surface area contributed by atoms with Gasteiger partial charge in [0, 0.05) is 19.2 Å². The second-order valence-electron chi connectivity index (χ2n) is 4.01. The van der Waals surface area contributed by atoms with Gasteiger partial charge in [0.2, 0.25) is 0 Å². The maximum absolute atomic E-state index is 12.1. The first-order chi connectivity index (χ1) is 7.86. The molecule has 17 heavy (non-hydrogen) atoms. The quantitative estimate of drug-likeness (QED) is 0.491. The minimum absolute atomic E-state index is 0.0475. The van der Waals surface area contributed by atoms with Crippen LogP contribution in [0.15, 0.2) is 18.2 Å². The molecule has 0 spiro atoms. The summed E-state index contributed by atoms with van der Waals surface area (Å²) in [6.45, 7) is 3.64. The van der Waals surface area contributed by atoms with Crippen LogP contribution in [-0.4, -0.2) is 28.8 Å². The fraction of sp³-hybridized carbons (Fsp3) is 0.364. The van der Waals surface area contributed by atoms with Gasteiger partial charge in [-0.1, -0.05) is 6.07 Å². The van der Waals surface area contributed by atoms with Gasteiger partial charge in [0.05, 0.1) is 10.6 Å². The van der Waals surface area contributed by atoms with Crippen molar-refractivity contribution in [1.82, 2.24) is 4.90 Å². The number of benzene rings is 1. The zero-order valence-electron chi connectivity index (χ0n) is 10.0. The van der Waals surface area contributed by atoms with E-state index in [4.69, 9.17) is 5.73 Å². The topological polar surface area (TPSA) is 89.5 Å². The fourth-order valence-electron chi connectivity index (χ4n) is 1.35. The molecule has 0 aliphatic heterocycles. The number of nitrogens with two attached hydrogens (primary N) is 1. The molecule has 0 atom stereocenters. The SMILES string of the molecule is CC(C)N(C)C(=O)c1c(N)cccc1[N+](=O)[O-]. The van der Waals surface area contributed by atoms with Crippen molar-refractivity contribution in [2.75, 3.05) is 12.8 Å². The number of hydrogen-bond donors (Lipinski definition) is 1. The Morgan fingerprint density at radius 3 is 2.53 bits per heavy atom. The lowest BCUT2D eigenvalue weighted by Gasteiger charge is -2.21. The van der Waals surface area contributed by atoms with Crippen LogP contribution in [0.1, 0.15) is 24.2 Å². The highest BCUT2D eigenvalue weighted by Gasteiger charge is 2.26. The van der Waals surface area contributed by atoms with Crippen LogP contribution in [0.2, 0.25) is 0 Å². The Hall–Kier alpha value is -2.11. The van der Waals surface area contributed by atoms with Crippen molar-refractivity contribution in [3.8, 4) is 0 Å². The average Bonchev–Trinajstić information content (AvgIpc) is 2.26. The fourth-order valence-corrected chi connectivity index (χ4v) is 1.35. The molecule has 0 heterocycles. The van der Waals surface area contributed by atoms with Gasteiger partial charge in [0.1, 0.15) is 5.56 Å². The molecule has 0 saturated carbocycles. The molecular formula is C11H15N3O3. The molecule has 0 aliphatic carbocycles. The van der Waals surface area contributed by atoms with E-state index in [1.807, 2.05) is 13.8 Å². The molecule has 92 valence electrons. The summed E-state index contributed by atoms with van der Waals surface area (Å²) in [6, 6.07) is 4.16. The van der Waals surface area contributed by atoms with Gasteiger partial charge in [0.25, 0.3) is 11.6 Å². The van der Waals surface area contributed by atoms with Gasteiger partial charge in [-0.15, -0.1) is 0 Å². The highest BCUT2D eigenvalue weighted by molar-refractivity contribution is 6.03. The summed E-state index contributed by atoms with van der Waals surface area (Å²) < 4.78 is 0. The van der Waals surface area contributed by atoms with Crippen molar-refractivity contribution in [2.24, 2.45) is 0 Å². The molecule has 0 radical (unpaired) electrons. The summed E-state index contributed by atoms with van der Waals surface area (Å²) in [5, 5.41) is 10.9. The zero-order valence-corrected chi connectivity index (χ0v) is 10.0. The van der Waals surface area contributed by atoms with Crippen molar-refractivity contribution >= 4 is 17.3 Å². The number of nitrogens with zero attached hydrogens (tertiary/aromatic N) is 2. The molecule has 0 bridgehead atoms. The first-order valence-electron chi connectivity index (χ1n) is 5.16. The largest absolute Gasteiger partial charge is 0.398 e. The van der Waals surface area contributed by atoms with Gasteiger partial charge in [-0.2, -0.15) is 0 Å². The second kappa shape index (κ2) is 4.82. The molecule has 0 aliphatic rings. The van der Waals surface area contributed by atoms with Crippen LogP contribution in [0.5, 0.6) is 0 Å². The Bertz CT molecular complexity index is 457. The van der Waals surface area contributed by atoms with Crippen LogP contribution >= 0.6 is 0 Å². The summed E-state index contributed by atoms with van der Waals surface area (Å²) in [5.74, 6) is -0.440. The van der Waals surface area contributed by atoms with E-state index in [1.165, 1.54) is 23.1 Å². The minimum Gasteiger partial charge on any atom is -0.398 e. The zero-order chi connectivity index (χ0) is 13.2. The Kier molecular flexibility index (Phi) is 3.67. The summed E-state index contributed by atoms with van der Waals surface area (Å²) >= 11 is 0. The molecule has 1 amide bonds. The summed E-state index contributed by atoms with van der Waals surface area (Å²) in [6.07, 6.45) is 0.